The topological polar surface area (TPSA) is 76.1 Å². The second-order valence-electron chi connectivity index (χ2n) is 5.60. The van der Waals surface area contributed by atoms with Gasteiger partial charge in [-0.15, -0.1) is 0 Å². The van der Waals surface area contributed by atoms with Gasteiger partial charge in [-0.05, 0) is 43.3 Å². The maximum atomic E-state index is 13.7. The molecule has 0 bridgehead atoms. The zero-order valence-electron chi connectivity index (χ0n) is 14.6. The Labute approximate surface area is 154 Å². The van der Waals surface area contributed by atoms with Crippen LogP contribution in [-0.4, -0.2) is 23.0 Å². The predicted molar refractivity (Wildman–Crippen MR) is 97.4 cm³/mol. The molecule has 1 amide bonds. The van der Waals surface area contributed by atoms with Crippen LogP contribution < -0.4 is 15.4 Å². The molecule has 0 radical (unpaired) electrons. The minimum absolute atomic E-state index is 0.393. The zero-order valence-corrected chi connectivity index (χ0v) is 14.6. The van der Waals surface area contributed by atoms with Crippen molar-refractivity contribution in [2.75, 3.05) is 17.7 Å². The summed E-state index contributed by atoms with van der Waals surface area (Å²) in [6, 6.07) is 11.5. The Hall–Kier alpha value is -3.55. The van der Waals surface area contributed by atoms with E-state index in [1.165, 1.54) is 13.2 Å². The van der Waals surface area contributed by atoms with Crippen molar-refractivity contribution >= 4 is 23.1 Å². The fourth-order valence-electron chi connectivity index (χ4n) is 2.40. The summed E-state index contributed by atoms with van der Waals surface area (Å²) >= 11 is 0. The van der Waals surface area contributed by atoms with Gasteiger partial charge >= 0.3 is 0 Å². The largest absolute Gasteiger partial charge is 0.481 e. The summed E-state index contributed by atoms with van der Waals surface area (Å²) in [6.45, 7) is 1.74. The van der Waals surface area contributed by atoms with Crippen LogP contribution in [0.4, 0.5) is 26.0 Å². The molecule has 8 heteroatoms. The third kappa shape index (κ3) is 4.35. The van der Waals surface area contributed by atoms with Gasteiger partial charge in [0.2, 0.25) is 5.88 Å². The number of amides is 1. The van der Waals surface area contributed by atoms with Gasteiger partial charge in [0.05, 0.1) is 7.11 Å². The molecule has 0 aliphatic heterocycles. The minimum atomic E-state index is -0.918. The molecule has 0 atom stereocenters. The molecule has 1 aromatic heterocycles. The Kier molecular flexibility index (Phi) is 5.25. The van der Waals surface area contributed by atoms with E-state index in [1.54, 1.807) is 37.3 Å². The number of carbonyl (C=O) groups excluding carboxylic acids is 1. The SMILES string of the molecule is COc1cc(Nc2ccc(NC(=O)c3c(F)cccc3F)cc2)nc(C)n1. The van der Waals surface area contributed by atoms with Crippen LogP contribution in [0, 0.1) is 18.6 Å². The first-order chi connectivity index (χ1) is 13.0. The predicted octanol–water partition coefficient (Wildman–Crippen LogP) is 4.07. The highest BCUT2D eigenvalue weighted by Crippen LogP contribution is 2.21. The lowest BCUT2D eigenvalue weighted by Gasteiger charge is -2.10. The normalized spacial score (nSPS) is 10.4. The molecule has 0 aliphatic rings. The molecule has 27 heavy (non-hydrogen) atoms. The number of nitrogens with one attached hydrogen (secondary N) is 2. The summed E-state index contributed by atoms with van der Waals surface area (Å²) in [7, 11) is 1.52. The Morgan fingerprint density at radius 2 is 1.63 bits per heavy atom. The van der Waals surface area contributed by atoms with E-state index in [9.17, 15) is 13.6 Å². The molecule has 0 spiro atoms. The van der Waals surface area contributed by atoms with Crippen molar-refractivity contribution in [3.8, 4) is 5.88 Å². The second kappa shape index (κ2) is 7.77. The maximum Gasteiger partial charge on any atom is 0.261 e. The Balaban J connectivity index is 1.72. The molecular formula is C19H16F2N4O2. The molecule has 2 N–H and O–H groups in total. The van der Waals surface area contributed by atoms with Crippen LogP contribution in [0.25, 0.3) is 0 Å². The fourth-order valence-corrected chi connectivity index (χ4v) is 2.40. The van der Waals surface area contributed by atoms with Gasteiger partial charge in [-0.1, -0.05) is 6.07 Å². The van der Waals surface area contributed by atoms with Gasteiger partial charge in [-0.3, -0.25) is 4.79 Å². The van der Waals surface area contributed by atoms with E-state index in [1.807, 2.05) is 0 Å². The second-order valence-corrected chi connectivity index (χ2v) is 5.60. The third-order valence-electron chi connectivity index (χ3n) is 3.63. The van der Waals surface area contributed by atoms with E-state index < -0.39 is 23.1 Å². The van der Waals surface area contributed by atoms with Gasteiger partial charge in [-0.2, -0.15) is 4.98 Å². The van der Waals surface area contributed by atoms with Crippen molar-refractivity contribution in [2.45, 2.75) is 6.92 Å². The number of nitrogens with zero attached hydrogens (tertiary/aromatic N) is 2. The number of anilines is 3. The van der Waals surface area contributed by atoms with Crippen molar-refractivity contribution < 1.29 is 18.3 Å². The highest BCUT2D eigenvalue weighted by atomic mass is 19.1. The van der Waals surface area contributed by atoms with Gasteiger partial charge in [0.1, 0.15) is 28.8 Å². The molecule has 0 saturated carbocycles. The van der Waals surface area contributed by atoms with E-state index in [0.717, 1.165) is 12.1 Å². The number of benzene rings is 2. The van der Waals surface area contributed by atoms with Crippen LogP contribution in [0.5, 0.6) is 5.88 Å². The number of carbonyl (C=O) groups is 1. The van der Waals surface area contributed by atoms with Crippen molar-refractivity contribution in [1.82, 2.24) is 9.97 Å². The van der Waals surface area contributed by atoms with Gasteiger partial charge in [0.25, 0.3) is 5.91 Å². The summed E-state index contributed by atoms with van der Waals surface area (Å²) in [5, 5.41) is 5.55. The van der Waals surface area contributed by atoms with Crippen molar-refractivity contribution in [2.24, 2.45) is 0 Å². The quantitative estimate of drug-likeness (QED) is 0.708. The summed E-state index contributed by atoms with van der Waals surface area (Å²) in [4.78, 5) is 20.5. The first-order valence-corrected chi connectivity index (χ1v) is 7.98. The summed E-state index contributed by atoms with van der Waals surface area (Å²) < 4.78 is 32.4. The number of methoxy groups -OCH3 is 1. The van der Waals surface area contributed by atoms with E-state index in [4.69, 9.17) is 4.74 Å². The highest BCUT2D eigenvalue weighted by molar-refractivity contribution is 6.04. The number of ether oxygens (including phenoxy) is 1. The van der Waals surface area contributed by atoms with Crippen molar-refractivity contribution in [3.63, 3.8) is 0 Å². The number of hydrogen-bond acceptors (Lipinski definition) is 5. The standard InChI is InChI=1S/C19H16F2N4O2/c1-11-22-16(10-17(23-11)27-2)24-12-6-8-13(9-7-12)25-19(26)18-14(20)4-3-5-15(18)21/h3-10H,1-2H3,(H,25,26)(H,22,23,24). The van der Waals surface area contributed by atoms with Crippen LogP contribution in [0.15, 0.2) is 48.5 Å². The minimum Gasteiger partial charge on any atom is -0.481 e. The number of aromatic nitrogens is 2. The Bertz CT molecular complexity index is 958. The molecular weight excluding hydrogens is 354 g/mol. The van der Waals surface area contributed by atoms with Gasteiger partial charge in [0, 0.05) is 17.4 Å². The number of aryl methyl sites for hydroxylation is 1. The number of hydrogen-bond donors (Lipinski definition) is 2. The molecule has 6 nitrogen and oxygen atoms in total. The van der Waals surface area contributed by atoms with Gasteiger partial charge in [0.15, 0.2) is 0 Å². The van der Waals surface area contributed by atoms with Gasteiger partial charge < -0.3 is 15.4 Å². The number of halogens is 2. The molecule has 0 fully saturated rings. The fraction of sp³-hybridized carbons (Fsp3) is 0.105. The van der Waals surface area contributed by atoms with Crippen LogP contribution in [0.1, 0.15) is 16.2 Å². The van der Waals surface area contributed by atoms with Crippen LogP contribution in [-0.2, 0) is 0 Å². The molecule has 3 rings (SSSR count). The molecule has 0 aliphatic carbocycles. The van der Waals surface area contributed by atoms with E-state index in [0.29, 0.717) is 28.9 Å². The molecule has 138 valence electrons. The first kappa shape index (κ1) is 18.2. The molecule has 0 unspecified atom stereocenters. The summed E-state index contributed by atoms with van der Waals surface area (Å²) in [5.41, 5.74) is 0.470. The molecule has 0 saturated heterocycles. The first-order valence-electron chi connectivity index (χ1n) is 7.98. The van der Waals surface area contributed by atoms with E-state index in [-0.39, 0.29) is 0 Å². The van der Waals surface area contributed by atoms with Crippen LogP contribution in [0.3, 0.4) is 0 Å². The zero-order chi connectivity index (χ0) is 19.4. The van der Waals surface area contributed by atoms with Crippen molar-refractivity contribution in [1.29, 1.82) is 0 Å². The number of rotatable bonds is 5. The summed E-state index contributed by atoms with van der Waals surface area (Å²) in [6.07, 6.45) is 0. The lowest BCUT2D eigenvalue weighted by atomic mass is 10.1. The lowest BCUT2D eigenvalue weighted by molar-refractivity contribution is 0.101. The third-order valence-corrected chi connectivity index (χ3v) is 3.63. The summed E-state index contributed by atoms with van der Waals surface area (Å²) in [5.74, 6) is -1.17. The molecule has 2 aromatic carbocycles. The Morgan fingerprint density at radius 3 is 2.26 bits per heavy atom. The monoisotopic (exact) mass is 370 g/mol. The van der Waals surface area contributed by atoms with Gasteiger partial charge in [-0.25, -0.2) is 13.8 Å². The molecule has 3 aromatic rings. The van der Waals surface area contributed by atoms with E-state index >= 15 is 0 Å². The maximum absolute atomic E-state index is 13.7. The van der Waals surface area contributed by atoms with E-state index in [2.05, 4.69) is 20.6 Å². The highest BCUT2D eigenvalue weighted by Gasteiger charge is 2.17. The van der Waals surface area contributed by atoms with Crippen LogP contribution in [0.2, 0.25) is 0 Å². The average molecular weight is 370 g/mol. The lowest BCUT2D eigenvalue weighted by Crippen LogP contribution is -2.15. The average Bonchev–Trinajstić information content (AvgIpc) is 2.62. The van der Waals surface area contributed by atoms with Crippen molar-refractivity contribution in [3.05, 3.63) is 71.6 Å². The molecule has 1 heterocycles. The van der Waals surface area contributed by atoms with Crippen LogP contribution >= 0.6 is 0 Å². The Morgan fingerprint density at radius 1 is 1.00 bits per heavy atom. The smallest absolute Gasteiger partial charge is 0.261 e.